The van der Waals surface area contributed by atoms with Crippen molar-refractivity contribution in [2.24, 2.45) is 5.92 Å². The van der Waals surface area contributed by atoms with Crippen molar-refractivity contribution in [1.82, 2.24) is 5.32 Å². The van der Waals surface area contributed by atoms with Gasteiger partial charge in [-0.1, -0.05) is 61.5 Å². The second-order valence-corrected chi connectivity index (χ2v) is 8.43. The van der Waals surface area contributed by atoms with Crippen LogP contribution in [0.4, 0.5) is 4.79 Å². The van der Waals surface area contributed by atoms with Crippen LogP contribution in [-0.2, 0) is 11.2 Å². The first kappa shape index (κ1) is 18.6. The van der Waals surface area contributed by atoms with E-state index in [-0.39, 0.29) is 16.4 Å². The van der Waals surface area contributed by atoms with Crippen LogP contribution in [0.25, 0.3) is 0 Å². The molecule has 0 radical (unpaired) electrons. The van der Waals surface area contributed by atoms with Crippen LogP contribution < -0.4 is 10.1 Å². The molecule has 3 rings (SSSR count). The van der Waals surface area contributed by atoms with Crippen molar-refractivity contribution >= 4 is 34.5 Å². The summed E-state index contributed by atoms with van der Waals surface area (Å²) in [6, 6.07) is 5.60. The molecule has 2 amide bonds. The Bertz CT molecular complexity index is 631. The lowest BCUT2D eigenvalue weighted by molar-refractivity contribution is -0.118. The molecule has 1 N–H and O–H groups in total. The van der Waals surface area contributed by atoms with E-state index in [0.717, 1.165) is 29.7 Å². The number of nitrogens with one attached hydrogen (secondary N) is 1. The molecule has 1 aliphatic heterocycles. The maximum absolute atomic E-state index is 11.6. The summed E-state index contributed by atoms with van der Waals surface area (Å²) >= 11 is 7.34. The minimum atomic E-state index is -0.370. The maximum atomic E-state index is 11.6. The van der Waals surface area contributed by atoms with E-state index in [2.05, 4.69) is 5.32 Å². The Kier molecular flexibility index (Phi) is 6.65. The number of carbonyl (C=O) groups is 2. The molecule has 136 valence electrons. The minimum Gasteiger partial charge on any atom is -0.492 e. The normalized spacial score (nSPS) is 21.4. The molecule has 1 heterocycles. The average Bonchev–Trinajstić information content (AvgIpc) is 2.91. The second-order valence-electron chi connectivity index (χ2n) is 6.85. The van der Waals surface area contributed by atoms with Crippen LogP contribution in [0.15, 0.2) is 18.2 Å². The van der Waals surface area contributed by atoms with Gasteiger partial charge in [0, 0.05) is 0 Å². The molecule has 25 heavy (non-hydrogen) atoms. The lowest BCUT2D eigenvalue weighted by Gasteiger charge is -2.21. The fourth-order valence-electron chi connectivity index (χ4n) is 3.56. The summed E-state index contributed by atoms with van der Waals surface area (Å²) in [6.45, 7) is 0.685. The summed E-state index contributed by atoms with van der Waals surface area (Å²) in [5, 5.41) is 2.21. The Morgan fingerprint density at radius 2 is 2.00 bits per heavy atom. The zero-order valence-corrected chi connectivity index (χ0v) is 15.8. The second kappa shape index (κ2) is 8.95. The van der Waals surface area contributed by atoms with E-state index in [4.69, 9.17) is 16.3 Å². The summed E-state index contributed by atoms with van der Waals surface area (Å²) in [6.07, 6.45) is 9.66. The highest BCUT2D eigenvalue weighted by atomic mass is 35.5. The van der Waals surface area contributed by atoms with Gasteiger partial charge in [0.05, 0.1) is 16.9 Å². The lowest BCUT2D eigenvalue weighted by Crippen LogP contribution is -2.25. The van der Waals surface area contributed by atoms with Gasteiger partial charge in [0.1, 0.15) is 5.75 Å². The number of hydrogen-bond donors (Lipinski definition) is 1. The quantitative estimate of drug-likeness (QED) is 0.677. The summed E-state index contributed by atoms with van der Waals surface area (Å²) < 4.78 is 5.82. The predicted octanol–water partition coefficient (Wildman–Crippen LogP) is 4.97. The van der Waals surface area contributed by atoms with E-state index >= 15 is 0 Å². The minimum absolute atomic E-state index is 0.228. The molecule has 2 aliphatic rings. The van der Waals surface area contributed by atoms with E-state index < -0.39 is 0 Å². The Morgan fingerprint density at radius 3 is 2.68 bits per heavy atom. The molecule has 1 atom stereocenters. The number of benzene rings is 1. The van der Waals surface area contributed by atoms with Crippen LogP contribution in [0.3, 0.4) is 0 Å². The summed E-state index contributed by atoms with van der Waals surface area (Å²) in [5.41, 5.74) is 0.932. The van der Waals surface area contributed by atoms with Gasteiger partial charge in [0.2, 0.25) is 5.91 Å². The van der Waals surface area contributed by atoms with Crippen LogP contribution in [0.1, 0.15) is 50.5 Å². The van der Waals surface area contributed by atoms with Crippen molar-refractivity contribution in [1.29, 1.82) is 0 Å². The number of rotatable bonds is 7. The monoisotopic (exact) mass is 381 g/mol. The van der Waals surface area contributed by atoms with Gasteiger partial charge in [0.25, 0.3) is 5.24 Å². The van der Waals surface area contributed by atoms with Crippen LogP contribution in [0.2, 0.25) is 5.02 Å². The molecule has 1 saturated heterocycles. The first-order chi connectivity index (χ1) is 12.1. The molecular formula is C19H24ClNO3S. The molecule has 0 spiro atoms. The molecule has 1 unspecified atom stereocenters. The van der Waals surface area contributed by atoms with Crippen molar-refractivity contribution in [3.63, 3.8) is 0 Å². The molecule has 0 bridgehead atoms. The van der Waals surface area contributed by atoms with E-state index in [9.17, 15) is 9.59 Å². The highest BCUT2D eigenvalue weighted by Crippen LogP contribution is 2.30. The van der Waals surface area contributed by atoms with E-state index in [1.54, 1.807) is 0 Å². The van der Waals surface area contributed by atoms with Crippen LogP contribution in [0.5, 0.6) is 5.75 Å². The average molecular weight is 382 g/mol. The maximum Gasteiger partial charge on any atom is 0.286 e. The van der Waals surface area contributed by atoms with Crippen LogP contribution >= 0.6 is 23.4 Å². The fraction of sp³-hybridized carbons (Fsp3) is 0.579. The first-order valence-electron chi connectivity index (χ1n) is 9.04. The number of thioether (sulfide) groups is 1. The van der Waals surface area contributed by atoms with Crippen molar-refractivity contribution in [3.05, 3.63) is 28.8 Å². The summed E-state index contributed by atoms with van der Waals surface area (Å²) in [4.78, 5) is 22.9. The molecule has 1 aromatic carbocycles. The molecular weight excluding hydrogens is 358 g/mol. The highest BCUT2D eigenvalue weighted by Gasteiger charge is 2.31. The van der Waals surface area contributed by atoms with Gasteiger partial charge in [-0.25, -0.2) is 0 Å². The lowest BCUT2D eigenvalue weighted by atomic mass is 9.86. The van der Waals surface area contributed by atoms with Crippen molar-refractivity contribution in [3.8, 4) is 5.75 Å². The molecule has 4 nitrogen and oxygen atoms in total. The third-order valence-corrected chi connectivity index (χ3v) is 6.20. The summed E-state index contributed by atoms with van der Waals surface area (Å²) in [7, 11) is 0. The molecule has 2 fully saturated rings. The van der Waals surface area contributed by atoms with Crippen molar-refractivity contribution in [2.75, 3.05) is 6.61 Å². The van der Waals surface area contributed by atoms with Crippen molar-refractivity contribution < 1.29 is 14.3 Å². The molecule has 0 aromatic heterocycles. The number of ether oxygens (including phenoxy) is 1. The highest BCUT2D eigenvalue weighted by molar-refractivity contribution is 8.15. The molecule has 1 saturated carbocycles. The summed E-state index contributed by atoms with van der Waals surface area (Å²) in [5.74, 6) is 1.33. The predicted molar refractivity (Wildman–Crippen MR) is 101 cm³/mol. The van der Waals surface area contributed by atoms with Gasteiger partial charge in [-0.15, -0.1) is 0 Å². The van der Waals surface area contributed by atoms with Gasteiger partial charge < -0.3 is 4.74 Å². The van der Waals surface area contributed by atoms with E-state index in [0.29, 0.717) is 23.8 Å². The smallest absolute Gasteiger partial charge is 0.286 e. The SMILES string of the molecule is O=C1NC(=O)C(Cc2ccc(OCCCC3CCCCC3)c(Cl)c2)S1. The third-order valence-electron chi connectivity index (χ3n) is 4.92. The van der Waals surface area contributed by atoms with E-state index in [1.807, 2.05) is 18.2 Å². The van der Waals surface area contributed by atoms with Gasteiger partial charge in [-0.3, -0.25) is 14.9 Å². The number of hydrogen-bond acceptors (Lipinski definition) is 4. The molecule has 1 aromatic rings. The standard InChI is InChI=1S/C19H24ClNO3S/c20-15-11-14(12-17-18(22)21-19(23)25-17)8-9-16(15)24-10-4-7-13-5-2-1-3-6-13/h8-9,11,13,17H,1-7,10,12H2,(H,21,22,23). The van der Waals surface area contributed by atoms with Gasteiger partial charge in [-0.2, -0.15) is 0 Å². The van der Waals surface area contributed by atoms with Gasteiger partial charge in [0.15, 0.2) is 0 Å². The van der Waals surface area contributed by atoms with E-state index in [1.165, 1.54) is 38.5 Å². The van der Waals surface area contributed by atoms with Crippen LogP contribution in [0, 0.1) is 5.92 Å². The van der Waals surface area contributed by atoms with Gasteiger partial charge >= 0.3 is 0 Å². The Labute approximate surface area is 158 Å². The molecule has 1 aliphatic carbocycles. The van der Waals surface area contributed by atoms with Crippen molar-refractivity contribution in [2.45, 2.75) is 56.6 Å². The Hall–Kier alpha value is -1.20. The van der Waals surface area contributed by atoms with Gasteiger partial charge in [-0.05, 0) is 42.9 Å². The zero-order chi connectivity index (χ0) is 17.6. The first-order valence-corrected chi connectivity index (χ1v) is 10.3. The van der Waals surface area contributed by atoms with Crippen LogP contribution in [-0.4, -0.2) is 23.0 Å². The Balaban J connectivity index is 1.45. The third kappa shape index (κ3) is 5.38. The number of carbonyl (C=O) groups excluding carboxylic acids is 2. The fourth-order valence-corrected chi connectivity index (χ4v) is 4.68. The number of amides is 2. The number of imide groups is 1. The number of halogens is 1. The largest absolute Gasteiger partial charge is 0.492 e. The molecule has 6 heteroatoms. The Morgan fingerprint density at radius 1 is 1.20 bits per heavy atom. The topological polar surface area (TPSA) is 55.4 Å². The zero-order valence-electron chi connectivity index (χ0n) is 14.3.